The number of hydrogen-bond acceptors (Lipinski definition) is 3. The highest BCUT2D eigenvalue weighted by Crippen LogP contribution is 2.17. The molecule has 0 spiro atoms. The molecule has 72 valence electrons. The quantitative estimate of drug-likeness (QED) is 0.768. The summed E-state index contributed by atoms with van der Waals surface area (Å²) in [7, 11) is 0. The van der Waals surface area contributed by atoms with Gasteiger partial charge in [-0.25, -0.2) is 0 Å². The number of thiophene rings is 1. The van der Waals surface area contributed by atoms with Crippen LogP contribution in [0.3, 0.4) is 0 Å². The lowest BCUT2D eigenvalue weighted by atomic mass is 10.2. The molecule has 0 saturated carbocycles. The van der Waals surface area contributed by atoms with Crippen molar-refractivity contribution in [3.05, 3.63) is 22.4 Å². The Kier molecular flexibility index (Phi) is 3.45. The Hall–Kier alpha value is -0.870. The van der Waals surface area contributed by atoms with E-state index >= 15 is 0 Å². The average Bonchev–Trinajstić information content (AvgIpc) is 2.55. The number of carbonyl (C=O) groups excluding carboxylic acids is 1. The molecule has 0 aliphatic carbocycles. The van der Waals surface area contributed by atoms with Gasteiger partial charge in [-0.05, 0) is 25.3 Å². The summed E-state index contributed by atoms with van der Waals surface area (Å²) in [5.74, 6) is -0.110. The zero-order valence-electron chi connectivity index (χ0n) is 7.78. The smallest absolute Gasteiger partial charge is 0.237 e. The van der Waals surface area contributed by atoms with Crippen LogP contribution in [0.25, 0.3) is 0 Å². The molecule has 1 aromatic heterocycles. The van der Waals surface area contributed by atoms with Gasteiger partial charge in [0.1, 0.15) is 0 Å². The molecule has 1 aromatic rings. The maximum Gasteiger partial charge on any atom is 0.237 e. The first-order valence-electron chi connectivity index (χ1n) is 4.20. The van der Waals surface area contributed by atoms with Gasteiger partial charge >= 0.3 is 0 Å². The summed E-state index contributed by atoms with van der Waals surface area (Å²) in [4.78, 5) is 12.4. The number of hydrogen-bond donors (Lipinski definition) is 2. The standard InChI is InChI=1S/C9H14N2OS/c1-6(10)9(12)11-7(2)8-4-3-5-13-8/h3-7H,10H2,1-2H3,(H,11,12)/t6-,7?/m0/s1. The van der Waals surface area contributed by atoms with E-state index in [1.165, 1.54) is 0 Å². The lowest BCUT2D eigenvalue weighted by molar-refractivity contribution is -0.122. The highest BCUT2D eigenvalue weighted by Gasteiger charge is 2.12. The van der Waals surface area contributed by atoms with E-state index in [1.54, 1.807) is 18.3 Å². The Morgan fingerprint density at radius 3 is 2.77 bits per heavy atom. The summed E-state index contributed by atoms with van der Waals surface area (Å²) in [5, 5.41) is 4.82. The SMILES string of the molecule is CC(NC(=O)[C@H](C)N)c1cccs1. The number of amides is 1. The van der Waals surface area contributed by atoms with Crippen molar-refractivity contribution in [2.75, 3.05) is 0 Å². The van der Waals surface area contributed by atoms with Crippen LogP contribution in [0.2, 0.25) is 0 Å². The molecule has 0 aromatic carbocycles. The second-order valence-electron chi connectivity index (χ2n) is 3.03. The maximum absolute atomic E-state index is 11.2. The second-order valence-corrected chi connectivity index (χ2v) is 4.01. The second kappa shape index (κ2) is 4.39. The third kappa shape index (κ3) is 2.82. The van der Waals surface area contributed by atoms with Crippen LogP contribution in [-0.4, -0.2) is 11.9 Å². The average molecular weight is 198 g/mol. The number of carbonyl (C=O) groups is 1. The molecular weight excluding hydrogens is 184 g/mol. The van der Waals surface area contributed by atoms with Crippen LogP contribution >= 0.6 is 11.3 Å². The molecule has 0 radical (unpaired) electrons. The van der Waals surface area contributed by atoms with Crippen molar-refractivity contribution in [1.82, 2.24) is 5.32 Å². The molecule has 13 heavy (non-hydrogen) atoms. The summed E-state index contributed by atoms with van der Waals surface area (Å²) in [6.45, 7) is 3.63. The number of nitrogens with one attached hydrogen (secondary N) is 1. The Morgan fingerprint density at radius 1 is 1.62 bits per heavy atom. The monoisotopic (exact) mass is 198 g/mol. The van der Waals surface area contributed by atoms with Crippen molar-refractivity contribution < 1.29 is 4.79 Å². The maximum atomic E-state index is 11.2. The summed E-state index contributed by atoms with van der Waals surface area (Å²) < 4.78 is 0. The van der Waals surface area contributed by atoms with Crippen molar-refractivity contribution in [2.45, 2.75) is 25.9 Å². The minimum Gasteiger partial charge on any atom is -0.347 e. The van der Waals surface area contributed by atoms with Crippen LogP contribution in [0, 0.1) is 0 Å². The third-order valence-corrected chi connectivity index (χ3v) is 2.80. The van der Waals surface area contributed by atoms with Gasteiger partial charge in [-0.2, -0.15) is 0 Å². The van der Waals surface area contributed by atoms with Crippen LogP contribution < -0.4 is 11.1 Å². The van der Waals surface area contributed by atoms with Gasteiger partial charge in [0.05, 0.1) is 12.1 Å². The van der Waals surface area contributed by atoms with Crippen molar-refractivity contribution in [3.8, 4) is 0 Å². The summed E-state index contributed by atoms with van der Waals surface area (Å²) in [5.41, 5.74) is 5.43. The molecule has 0 aliphatic rings. The van der Waals surface area contributed by atoms with Crippen LogP contribution in [0.5, 0.6) is 0 Å². The lowest BCUT2D eigenvalue weighted by Crippen LogP contribution is -2.39. The molecule has 3 N–H and O–H groups in total. The van der Waals surface area contributed by atoms with Gasteiger partial charge in [-0.1, -0.05) is 6.07 Å². The van der Waals surface area contributed by atoms with E-state index in [-0.39, 0.29) is 11.9 Å². The Bertz CT molecular complexity index is 269. The van der Waals surface area contributed by atoms with E-state index in [0.717, 1.165) is 4.88 Å². The topological polar surface area (TPSA) is 55.1 Å². The van der Waals surface area contributed by atoms with E-state index in [4.69, 9.17) is 5.73 Å². The van der Waals surface area contributed by atoms with Crippen LogP contribution in [0.15, 0.2) is 17.5 Å². The highest BCUT2D eigenvalue weighted by atomic mass is 32.1. The zero-order chi connectivity index (χ0) is 9.84. The first-order valence-corrected chi connectivity index (χ1v) is 5.08. The Balaban J connectivity index is 2.51. The Labute approximate surface area is 81.9 Å². The molecule has 1 heterocycles. The van der Waals surface area contributed by atoms with Gasteiger partial charge in [0.25, 0.3) is 0 Å². The van der Waals surface area contributed by atoms with Crippen molar-refractivity contribution in [1.29, 1.82) is 0 Å². The largest absolute Gasteiger partial charge is 0.347 e. The van der Waals surface area contributed by atoms with E-state index in [1.807, 2.05) is 24.4 Å². The summed E-state index contributed by atoms with van der Waals surface area (Å²) >= 11 is 1.63. The normalized spacial score (nSPS) is 15.0. The van der Waals surface area contributed by atoms with Gasteiger partial charge in [0.15, 0.2) is 0 Å². The molecule has 0 aliphatic heterocycles. The predicted octanol–water partition coefficient (Wildman–Crippen LogP) is 1.27. The van der Waals surface area contributed by atoms with Gasteiger partial charge in [-0.15, -0.1) is 11.3 Å². The first-order chi connectivity index (χ1) is 6.11. The van der Waals surface area contributed by atoms with Gasteiger partial charge < -0.3 is 11.1 Å². The first kappa shape index (κ1) is 10.2. The molecule has 0 saturated heterocycles. The highest BCUT2D eigenvalue weighted by molar-refractivity contribution is 7.10. The lowest BCUT2D eigenvalue weighted by Gasteiger charge is -2.13. The van der Waals surface area contributed by atoms with Gasteiger partial charge in [0.2, 0.25) is 5.91 Å². The predicted molar refractivity (Wildman–Crippen MR) is 54.5 cm³/mol. The molecule has 2 atom stereocenters. The summed E-state index contributed by atoms with van der Waals surface area (Å²) in [6.07, 6.45) is 0. The van der Waals surface area contributed by atoms with Gasteiger partial charge in [-0.3, -0.25) is 4.79 Å². The van der Waals surface area contributed by atoms with Crippen LogP contribution in [0.4, 0.5) is 0 Å². The molecule has 1 rings (SSSR count). The fraction of sp³-hybridized carbons (Fsp3) is 0.444. The van der Waals surface area contributed by atoms with E-state index in [9.17, 15) is 4.79 Å². The molecule has 1 amide bonds. The zero-order valence-corrected chi connectivity index (χ0v) is 8.60. The molecular formula is C9H14N2OS. The van der Waals surface area contributed by atoms with E-state index in [0.29, 0.717) is 0 Å². The van der Waals surface area contributed by atoms with Crippen LogP contribution in [0.1, 0.15) is 24.8 Å². The van der Waals surface area contributed by atoms with E-state index in [2.05, 4.69) is 5.32 Å². The van der Waals surface area contributed by atoms with Crippen LogP contribution in [-0.2, 0) is 4.79 Å². The fourth-order valence-electron chi connectivity index (χ4n) is 0.954. The molecule has 3 nitrogen and oxygen atoms in total. The van der Waals surface area contributed by atoms with E-state index < -0.39 is 6.04 Å². The number of rotatable bonds is 3. The number of nitrogens with two attached hydrogens (primary N) is 1. The Morgan fingerprint density at radius 2 is 2.31 bits per heavy atom. The fourth-order valence-corrected chi connectivity index (χ4v) is 1.69. The van der Waals surface area contributed by atoms with Crippen molar-refractivity contribution in [3.63, 3.8) is 0 Å². The minimum atomic E-state index is -0.442. The summed E-state index contributed by atoms with van der Waals surface area (Å²) in [6, 6.07) is 3.58. The van der Waals surface area contributed by atoms with Crippen molar-refractivity contribution in [2.24, 2.45) is 5.73 Å². The molecule has 0 fully saturated rings. The molecule has 4 heteroatoms. The van der Waals surface area contributed by atoms with Gasteiger partial charge in [0, 0.05) is 4.88 Å². The molecule has 1 unspecified atom stereocenters. The molecule has 0 bridgehead atoms. The van der Waals surface area contributed by atoms with Crippen molar-refractivity contribution >= 4 is 17.2 Å². The third-order valence-electron chi connectivity index (χ3n) is 1.74. The minimum absolute atomic E-state index is 0.0542.